The van der Waals surface area contributed by atoms with Crippen molar-refractivity contribution in [1.29, 1.82) is 0 Å². The largest absolute Gasteiger partial charge is 0.395 e. The SMILES string of the molecule is CC(C)(C)OCCC(N)CO. The van der Waals surface area contributed by atoms with E-state index < -0.39 is 0 Å². The van der Waals surface area contributed by atoms with Crippen molar-refractivity contribution >= 4 is 0 Å². The number of hydrogen-bond donors (Lipinski definition) is 2. The summed E-state index contributed by atoms with van der Waals surface area (Å²) in [4.78, 5) is 0. The van der Waals surface area contributed by atoms with Crippen LogP contribution in [0.15, 0.2) is 0 Å². The number of nitrogens with two attached hydrogens (primary N) is 1. The van der Waals surface area contributed by atoms with E-state index in [-0.39, 0.29) is 18.2 Å². The smallest absolute Gasteiger partial charge is 0.0598 e. The first-order chi connectivity index (χ1) is 4.95. The highest BCUT2D eigenvalue weighted by atomic mass is 16.5. The molecule has 3 heteroatoms. The van der Waals surface area contributed by atoms with Crippen LogP contribution >= 0.6 is 0 Å². The van der Waals surface area contributed by atoms with Crippen LogP contribution in [0.2, 0.25) is 0 Å². The molecule has 0 saturated carbocycles. The number of aliphatic hydroxyl groups is 1. The molecule has 0 rings (SSSR count). The van der Waals surface area contributed by atoms with Gasteiger partial charge in [0.1, 0.15) is 0 Å². The van der Waals surface area contributed by atoms with Gasteiger partial charge < -0.3 is 15.6 Å². The highest BCUT2D eigenvalue weighted by Crippen LogP contribution is 2.07. The molecule has 0 heterocycles. The van der Waals surface area contributed by atoms with Crippen molar-refractivity contribution in [3.63, 3.8) is 0 Å². The van der Waals surface area contributed by atoms with E-state index in [0.717, 1.165) is 0 Å². The van der Waals surface area contributed by atoms with Crippen LogP contribution in [0.1, 0.15) is 27.2 Å². The molecule has 0 fully saturated rings. The van der Waals surface area contributed by atoms with Gasteiger partial charge in [-0.25, -0.2) is 0 Å². The van der Waals surface area contributed by atoms with Crippen molar-refractivity contribution in [2.45, 2.75) is 38.8 Å². The number of rotatable bonds is 4. The topological polar surface area (TPSA) is 55.5 Å². The first kappa shape index (κ1) is 10.9. The Bertz CT molecular complexity index is 98.8. The van der Waals surface area contributed by atoms with Crippen molar-refractivity contribution in [2.75, 3.05) is 13.2 Å². The summed E-state index contributed by atoms with van der Waals surface area (Å²) in [7, 11) is 0. The second-order valence-corrected chi connectivity index (χ2v) is 3.69. The lowest BCUT2D eigenvalue weighted by Crippen LogP contribution is -2.28. The summed E-state index contributed by atoms with van der Waals surface area (Å²) in [6, 6.07) is -0.141. The van der Waals surface area contributed by atoms with Gasteiger partial charge in [0, 0.05) is 12.6 Å². The van der Waals surface area contributed by atoms with Crippen LogP contribution in [0, 0.1) is 0 Å². The molecular weight excluding hydrogens is 142 g/mol. The van der Waals surface area contributed by atoms with E-state index in [9.17, 15) is 0 Å². The summed E-state index contributed by atoms with van der Waals surface area (Å²) < 4.78 is 5.41. The molecular formula is C8H19NO2. The molecule has 1 unspecified atom stereocenters. The van der Waals surface area contributed by atoms with E-state index in [1.807, 2.05) is 20.8 Å². The molecule has 0 aliphatic rings. The molecule has 0 spiro atoms. The van der Waals surface area contributed by atoms with Gasteiger partial charge in [0.2, 0.25) is 0 Å². The van der Waals surface area contributed by atoms with Crippen molar-refractivity contribution in [1.82, 2.24) is 0 Å². The number of aliphatic hydroxyl groups excluding tert-OH is 1. The lowest BCUT2D eigenvalue weighted by molar-refractivity contribution is -0.00767. The summed E-state index contributed by atoms with van der Waals surface area (Å²) in [5.74, 6) is 0. The molecule has 11 heavy (non-hydrogen) atoms. The fraction of sp³-hybridized carbons (Fsp3) is 1.00. The first-order valence-electron chi connectivity index (χ1n) is 3.96. The maximum Gasteiger partial charge on any atom is 0.0598 e. The molecule has 68 valence electrons. The van der Waals surface area contributed by atoms with Crippen molar-refractivity contribution in [3.05, 3.63) is 0 Å². The Hall–Kier alpha value is -0.120. The van der Waals surface area contributed by atoms with Gasteiger partial charge in [-0.3, -0.25) is 0 Å². The molecule has 0 saturated heterocycles. The van der Waals surface area contributed by atoms with Crippen LogP contribution in [0.5, 0.6) is 0 Å². The number of ether oxygens (including phenoxy) is 1. The minimum Gasteiger partial charge on any atom is -0.395 e. The van der Waals surface area contributed by atoms with Crippen LogP contribution in [-0.2, 0) is 4.74 Å². The average molecular weight is 161 g/mol. The van der Waals surface area contributed by atoms with Crippen LogP contribution in [0.25, 0.3) is 0 Å². The number of hydrogen-bond acceptors (Lipinski definition) is 3. The molecule has 0 aromatic rings. The van der Waals surface area contributed by atoms with Crippen molar-refractivity contribution < 1.29 is 9.84 Å². The molecule has 3 nitrogen and oxygen atoms in total. The average Bonchev–Trinajstić information content (AvgIpc) is 1.85. The first-order valence-corrected chi connectivity index (χ1v) is 3.96. The van der Waals surface area contributed by atoms with E-state index in [0.29, 0.717) is 13.0 Å². The molecule has 1 atom stereocenters. The fourth-order valence-electron chi connectivity index (χ4n) is 0.608. The van der Waals surface area contributed by atoms with Crippen molar-refractivity contribution in [2.24, 2.45) is 5.73 Å². The summed E-state index contributed by atoms with van der Waals surface area (Å²) in [5, 5.41) is 8.58. The summed E-state index contributed by atoms with van der Waals surface area (Å²) in [6.07, 6.45) is 0.716. The Labute approximate surface area is 68.5 Å². The molecule has 0 bridgehead atoms. The third kappa shape index (κ3) is 7.78. The molecule has 0 aromatic heterocycles. The molecule has 0 aliphatic heterocycles. The minimum atomic E-state index is -0.141. The Kier molecular flexibility index (Phi) is 4.65. The third-order valence-electron chi connectivity index (χ3n) is 1.26. The zero-order valence-electron chi connectivity index (χ0n) is 7.63. The van der Waals surface area contributed by atoms with Crippen LogP contribution in [0.4, 0.5) is 0 Å². The van der Waals surface area contributed by atoms with Gasteiger partial charge in [-0.2, -0.15) is 0 Å². The molecule has 0 amide bonds. The van der Waals surface area contributed by atoms with E-state index in [1.165, 1.54) is 0 Å². The molecule has 0 aliphatic carbocycles. The van der Waals surface area contributed by atoms with E-state index in [1.54, 1.807) is 0 Å². The van der Waals surface area contributed by atoms with Gasteiger partial charge in [-0.1, -0.05) is 0 Å². The summed E-state index contributed by atoms with van der Waals surface area (Å²) in [6.45, 7) is 6.64. The summed E-state index contributed by atoms with van der Waals surface area (Å²) >= 11 is 0. The van der Waals surface area contributed by atoms with Gasteiger partial charge in [0.25, 0.3) is 0 Å². The Morgan fingerprint density at radius 2 is 2.00 bits per heavy atom. The quantitative estimate of drug-likeness (QED) is 0.631. The maximum atomic E-state index is 8.58. The lowest BCUT2D eigenvalue weighted by atomic mass is 10.2. The third-order valence-corrected chi connectivity index (χ3v) is 1.26. The predicted molar refractivity (Wildman–Crippen MR) is 45.4 cm³/mol. The Morgan fingerprint density at radius 3 is 2.36 bits per heavy atom. The molecule has 0 radical (unpaired) electrons. The standard InChI is InChI=1S/C8H19NO2/c1-8(2,3)11-5-4-7(9)6-10/h7,10H,4-6,9H2,1-3H3. The van der Waals surface area contributed by atoms with Gasteiger partial charge >= 0.3 is 0 Å². The summed E-state index contributed by atoms with van der Waals surface area (Å²) in [5.41, 5.74) is 5.37. The van der Waals surface area contributed by atoms with Crippen LogP contribution in [0.3, 0.4) is 0 Å². The van der Waals surface area contributed by atoms with E-state index in [4.69, 9.17) is 15.6 Å². The highest BCUT2D eigenvalue weighted by Gasteiger charge is 2.10. The van der Waals surface area contributed by atoms with Gasteiger partial charge in [0.05, 0.1) is 12.2 Å². The zero-order valence-corrected chi connectivity index (χ0v) is 7.63. The van der Waals surface area contributed by atoms with Crippen molar-refractivity contribution in [3.8, 4) is 0 Å². The maximum absolute atomic E-state index is 8.58. The second-order valence-electron chi connectivity index (χ2n) is 3.69. The van der Waals surface area contributed by atoms with Gasteiger partial charge in [0.15, 0.2) is 0 Å². The Balaban J connectivity index is 3.28. The zero-order chi connectivity index (χ0) is 8.91. The van der Waals surface area contributed by atoms with E-state index in [2.05, 4.69) is 0 Å². The monoisotopic (exact) mass is 161 g/mol. The minimum absolute atomic E-state index is 0.0352. The normalized spacial score (nSPS) is 15.0. The van der Waals surface area contributed by atoms with Crippen LogP contribution < -0.4 is 5.73 Å². The van der Waals surface area contributed by atoms with Gasteiger partial charge in [-0.15, -0.1) is 0 Å². The van der Waals surface area contributed by atoms with Gasteiger partial charge in [-0.05, 0) is 27.2 Å². The highest BCUT2D eigenvalue weighted by molar-refractivity contribution is 4.62. The Morgan fingerprint density at radius 1 is 1.45 bits per heavy atom. The molecule has 0 aromatic carbocycles. The van der Waals surface area contributed by atoms with Crippen LogP contribution in [-0.4, -0.2) is 30.0 Å². The molecule has 3 N–H and O–H groups in total. The fourth-order valence-corrected chi connectivity index (χ4v) is 0.608. The second kappa shape index (κ2) is 4.70. The lowest BCUT2D eigenvalue weighted by Gasteiger charge is -2.20. The van der Waals surface area contributed by atoms with E-state index >= 15 is 0 Å². The predicted octanol–water partition coefficient (Wildman–Crippen LogP) is 0.511.